The van der Waals surface area contributed by atoms with Gasteiger partial charge in [-0.05, 0) is 65.6 Å². The van der Waals surface area contributed by atoms with Gasteiger partial charge in [0.25, 0.3) is 0 Å². The molecule has 1 aliphatic heterocycles. The lowest BCUT2D eigenvalue weighted by molar-refractivity contribution is 0.142. The van der Waals surface area contributed by atoms with Crippen LogP contribution in [0.15, 0.2) is 0 Å². The zero-order chi connectivity index (χ0) is 18.3. The molecule has 150 valence electrons. The molecule has 0 amide bonds. The lowest BCUT2D eigenvalue weighted by atomic mass is 10.3. The maximum atomic E-state index is 9.32. The molecule has 1 rings (SSSR count). The molecule has 25 heavy (non-hydrogen) atoms. The highest BCUT2D eigenvalue weighted by Gasteiger charge is 2.12. The summed E-state index contributed by atoms with van der Waals surface area (Å²) in [6.45, 7) is 10.8. The quantitative estimate of drug-likeness (QED) is 0.560. The molecular formula is C18H40N4O3. The number of nitrogens with zero attached hydrogens (tertiary/aromatic N) is 4. The average molecular weight is 361 g/mol. The topological polar surface area (TPSA) is 73.7 Å². The van der Waals surface area contributed by atoms with Crippen molar-refractivity contribution in [2.45, 2.75) is 19.3 Å². The van der Waals surface area contributed by atoms with Gasteiger partial charge >= 0.3 is 0 Å². The third-order valence-corrected chi connectivity index (χ3v) is 4.96. The van der Waals surface area contributed by atoms with Crippen molar-refractivity contribution in [2.24, 2.45) is 0 Å². The second-order valence-electron chi connectivity index (χ2n) is 7.06. The summed E-state index contributed by atoms with van der Waals surface area (Å²) in [7, 11) is 2.17. The Morgan fingerprint density at radius 3 is 1.20 bits per heavy atom. The van der Waals surface area contributed by atoms with Crippen LogP contribution in [0.1, 0.15) is 19.3 Å². The fourth-order valence-corrected chi connectivity index (χ4v) is 3.47. The zero-order valence-corrected chi connectivity index (χ0v) is 16.2. The molecule has 7 nitrogen and oxygen atoms in total. The number of hydrogen-bond donors (Lipinski definition) is 3. The molecule has 0 radical (unpaired) electrons. The van der Waals surface area contributed by atoms with Crippen molar-refractivity contribution < 1.29 is 15.3 Å². The number of rotatable bonds is 6. The summed E-state index contributed by atoms with van der Waals surface area (Å²) in [6.07, 6.45) is 3.28. The molecule has 0 saturated carbocycles. The molecule has 0 atom stereocenters. The van der Waals surface area contributed by atoms with E-state index in [0.29, 0.717) is 6.54 Å². The molecule has 1 saturated heterocycles. The van der Waals surface area contributed by atoms with Gasteiger partial charge in [0.1, 0.15) is 0 Å². The van der Waals surface area contributed by atoms with Gasteiger partial charge in [0.15, 0.2) is 0 Å². The largest absolute Gasteiger partial charge is 0.395 e. The van der Waals surface area contributed by atoms with Crippen LogP contribution < -0.4 is 0 Å². The highest BCUT2D eigenvalue weighted by Crippen LogP contribution is 2.02. The molecule has 0 aromatic heterocycles. The summed E-state index contributed by atoms with van der Waals surface area (Å²) in [4.78, 5) is 9.37. The standard InChI is InChI=1S/C18H40N4O3/c1-19-5-2-7-20(13-16-23)9-4-10-22(15-18-25)12-11-21(14-17-24)8-3-6-19/h23-25H,2-18H2,1H3. The van der Waals surface area contributed by atoms with Gasteiger partial charge < -0.3 is 25.1 Å². The Kier molecular flexibility index (Phi) is 13.5. The van der Waals surface area contributed by atoms with E-state index in [-0.39, 0.29) is 19.8 Å². The van der Waals surface area contributed by atoms with E-state index in [4.69, 9.17) is 0 Å². The van der Waals surface area contributed by atoms with E-state index in [1.807, 2.05) is 0 Å². The van der Waals surface area contributed by atoms with Crippen LogP contribution in [-0.2, 0) is 0 Å². The van der Waals surface area contributed by atoms with Gasteiger partial charge in [0, 0.05) is 32.7 Å². The van der Waals surface area contributed by atoms with Crippen molar-refractivity contribution in [3.63, 3.8) is 0 Å². The van der Waals surface area contributed by atoms with Crippen LogP contribution in [0, 0.1) is 0 Å². The van der Waals surface area contributed by atoms with Crippen molar-refractivity contribution in [2.75, 3.05) is 98.9 Å². The Labute approximate surface area is 153 Å². The van der Waals surface area contributed by atoms with E-state index in [1.165, 1.54) is 0 Å². The summed E-state index contributed by atoms with van der Waals surface area (Å²) in [5.41, 5.74) is 0. The summed E-state index contributed by atoms with van der Waals surface area (Å²) >= 11 is 0. The van der Waals surface area contributed by atoms with Crippen molar-refractivity contribution >= 4 is 0 Å². The van der Waals surface area contributed by atoms with E-state index in [1.54, 1.807) is 0 Å². The Hall–Kier alpha value is -0.280. The molecule has 7 heteroatoms. The van der Waals surface area contributed by atoms with Crippen LogP contribution in [0.4, 0.5) is 0 Å². The summed E-state index contributed by atoms with van der Waals surface area (Å²) in [5.74, 6) is 0. The first kappa shape index (κ1) is 22.8. The number of β-amino-alcohol motifs (C(OH)–C–C–N with tert-alkyl or cyclic N) is 3. The van der Waals surface area contributed by atoms with Gasteiger partial charge in [-0.3, -0.25) is 9.80 Å². The first-order valence-corrected chi connectivity index (χ1v) is 9.87. The minimum Gasteiger partial charge on any atom is -0.395 e. The molecular weight excluding hydrogens is 320 g/mol. The van der Waals surface area contributed by atoms with Crippen molar-refractivity contribution in [1.29, 1.82) is 0 Å². The van der Waals surface area contributed by atoms with E-state index < -0.39 is 0 Å². The minimum absolute atomic E-state index is 0.186. The minimum atomic E-state index is 0.186. The predicted octanol–water partition coefficient (Wildman–Crippen LogP) is -1.01. The van der Waals surface area contributed by atoms with Gasteiger partial charge in [-0.2, -0.15) is 0 Å². The van der Waals surface area contributed by atoms with Crippen LogP contribution in [0.2, 0.25) is 0 Å². The van der Waals surface area contributed by atoms with Gasteiger partial charge in [-0.15, -0.1) is 0 Å². The van der Waals surface area contributed by atoms with Crippen LogP contribution >= 0.6 is 0 Å². The number of aliphatic hydroxyl groups excluding tert-OH is 3. The molecule has 0 unspecified atom stereocenters. The van der Waals surface area contributed by atoms with Crippen LogP contribution in [0.3, 0.4) is 0 Å². The first-order valence-electron chi connectivity index (χ1n) is 9.87. The first-order chi connectivity index (χ1) is 12.2. The van der Waals surface area contributed by atoms with E-state index in [0.717, 1.165) is 84.7 Å². The average Bonchev–Trinajstić information content (AvgIpc) is 2.59. The summed E-state index contributed by atoms with van der Waals surface area (Å²) in [6, 6.07) is 0. The second kappa shape index (κ2) is 14.8. The highest BCUT2D eigenvalue weighted by molar-refractivity contribution is 4.68. The lowest BCUT2D eigenvalue weighted by Crippen LogP contribution is -2.40. The second-order valence-corrected chi connectivity index (χ2v) is 7.06. The SMILES string of the molecule is CN1CCCN(CCO)CCCN(CCO)CCN(CCO)CCC1. The number of hydrogen-bond acceptors (Lipinski definition) is 7. The van der Waals surface area contributed by atoms with Crippen molar-refractivity contribution in [1.82, 2.24) is 19.6 Å². The predicted molar refractivity (Wildman–Crippen MR) is 102 cm³/mol. The smallest absolute Gasteiger partial charge is 0.0558 e. The van der Waals surface area contributed by atoms with Crippen LogP contribution in [0.25, 0.3) is 0 Å². The van der Waals surface area contributed by atoms with Crippen molar-refractivity contribution in [3.8, 4) is 0 Å². The Bertz CT molecular complexity index is 310. The number of aliphatic hydroxyl groups is 3. The highest BCUT2D eigenvalue weighted by atomic mass is 16.3. The molecule has 0 aliphatic carbocycles. The Balaban J connectivity index is 2.60. The fraction of sp³-hybridized carbons (Fsp3) is 1.00. The normalized spacial score (nSPS) is 22.6. The van der Waals surface area contributed by atoms with E-state index in [9.17, 15) is 15.3 Å². The van der Waals surface area contributed by atoms with Gasteiger partial charge in [-0.25, -0.2) is 0 Å². The Morgan fingerprint density at radius 2 is 0.840 bits per heavy atom. The van der Waals surface area contributed by atoms with Gasteiger partial charge in [0.2, 0.25) is 0 Å². The van der Waals surface area contributed by atoms with Crippen LogP contribution in [0.5, 0.6) is 0 Å². The summed E-state index contributed by atoms with van der Waals surface area (Å²) < 4.78 is 0. The van der Waals surface area contributed by atoms with Gasteiger partial charge in [-0.1, -0.05) is 0 Å². The molecule has 0 spiro atoms. The molecule has 0 aromatic rings. The fourth-order valence-electron chi connectivity index (χ4n) is 3.47. The van der Waals surface area contributed by atoms with E-state index >= 15 is 0 Å². The molecule has 1 fully saturated rings. The molecule has 0 bridgehead atoms. The molecule has 1 aliphatic rings. The van der Waals surface area contributed by atoms with Gasteiger partial charge in [0.05, 0.1) is 19.8 Å². The summed E-state index contributed by atoms with van der Waals surface area (Å²) in [5, 5.41) is 27.9. The maximum absolute atomic E-state index is 9.32. The monoisotopic (exact) mass is 360 g/mol. The third kappa shape index (κ3) is 11.1. The molecule has 3 N–H and O–H groups in total. The zero-order valence-electron chi connectivity index (χ0n) is 16.2. The van der Waals surface area contributed by atoms with Crippen molar-refractivity contribution in [3.05, 3.63) is 0 Å². The van der Waals surface area contributed by atoms with Crippen LogP contribution in [-0.4, -0.2) is 134 Å². The molecule has 0 aromatic carbocycles. The molecule has 1 heterocycles. The van der Waals surface area contributed by atoms with E-state index in [2.05, 4.69) is 26.6 Å². The lowest BCUT2D eigenvalue weighted by Gasteiger charge is -2.28. The maximum Gasteiger partial charge on any atom is 0.0558 e. The third-order valence-electron chi connectivity index (χ3n) is 4.96. The Morgan fingerprint density at radius 1 is 0.520 bits per heavy atom.